The van der Waals surface area contributed by atoms with E-state index in [1.54, 1.807) is 23.0 Å². The van der Waals surface area contributed by atoms with Gasteiger partial charge in [-0.2, -0.15) is 0 Å². The number of amides is 2. The van der Waals surface area contributed by atoms with Crippen molar-refractivity contribution in [1.82, 2.24) is 14.2 Å². The highest BCUT2D eigenvalue weighted by atomic mass is 16.7. The molecule has 3 heterocycles. The van der Waals surface area contributed by atoms with Gasteiger partial charge in [0.2, 0.25) is 0 Å². The summed E-state index contributed by atoms with van der Waals surface area (Å²) in [7, 11) is 0. The van der Waals surface area contributed by atoms with Gasteiger partial charge in [0.05, 0.1) is 12.8 Å². The highest BCUT2D eigenvalue weighted by Gasteiger charge is 2.32. The van der Waals surface area contributed by atoms with Crippen LogP contribution >= 0.6 is 0 Å². The predicted molar refractivity (Wildman–Crippen MR) is 95.1 cm³/mol. The van der Waals surface area contributed by atoms with E-state index in [0.717, 1.165) is 5.56 Å². The lowest BCUT2D eigenvalue weighted by molar-refractivity contribution is -0.197. The molecule has 0 radical (unpaired) electrons. The zero-order valence-electron chi connectivity index (χ0n) is 15.3. The molecule has 0 N–H and O–H groups in total. The Labute approximate surface area is 161 Å². The first-order valence-electron chi connectivity index (χ1n) is 8.99. The molecule has 0 atom stereocenters. The van der Waals surface area contributed by atoms with Crippen molar-refractivity contribution in [2.24, 2.45) is 0 Å². The number of imide groups is 1. The highest BCUT2D eigenvalue weighted by molar-refractivity contribution is 6.01. The summed E-state index contributed by atoms with van der Waals surface area (Å²) in [6.07, 6.45) is 7.70. The molecular weight excluding hydrogens is 366 g/mol. The summed E-state index contributed by atoms with van der Waals surface area (Å²) in [5.74, 6) is -1.94. The number of hydroxylamine groups is 2. The molecule has 0 spiro atoms. The third-order valence-corrected chi connectivity index (χ3v) is 4.22. The number of hydrogen-bond donors (Lipinski definition) is 0. The molecule has 2 aromatic rings. The van der Waals surface area contributed by atoms with Crippen LogP contribution in [0.1, 0.15) is 31.2 Å². The molecular formula is C19H21N3O6. The Morgan fingerprint density at radius 3 is 2.25 bits per heavy atom. The molecule has 2 amide bonds. The van der Waals surface area contributed by atoms with Gasteiger partial charge in [0.25, 0.3) is 11.8 Å². The van der Waals surface area contributed by atoms with Gasteiger partial charge < -0.3 is 18.7 Å². The van der Waals surface area contributed by atoms with Crippen LogP contribution in [0, 0.1) is 0 Å². The predicted octanol–water partition coefficient (Wildman–Crippen LogP) is 1.42. The molecule has 1 saturated heterocycles. The van der Waals surface area contributed by atoms with Crippen molar-refractivity contribution in [3.8, 4) is 0 Å². The molecule has 1 aliphatic rings. The van der Waals surface area contributed by atoms with Crippen LogP contribution in [0.15, 0.2) is 43.0 Å². The van der Waals surface area contributed by atoms with Gasteiger partial charge in [-0.25, -0.2) is 4.79 Å². The standard InChI is InChI=1S/C19H21N3O6/c23-16-3-4-17(24)22(16)28-19(26)7-12-21-10-5-15(13-21)14-27-18(25)6-11-20-8-1-2-9-20/h1-2,5,8-10,13H,3-4,6-7,11-12,14H2. The van der Waals surface area contributed by atoms with Crippen LogP contribution in [-0.4, -0.2) is 38.0 Å². The van der Waals surface area contributed by atoms with Gasteiger partial charge in [-0.3, -0.25) is 14.4 Å². The smallest absolute Gasteiger partial charge is 0.335 e. The van der Waals surface area contributed by atoms with E-state index in [2.05, 4.69) is 0 Å². The average Bonchev–Trinajstić information content (AvgIpc) is 3.42. The minimum atomic E-state index is -0.657. The topological polar surface area (TPSA) is 99.8 Å². The normalized spacial score (nSPS) is 13.8. The van der Waals surface area contributed by atoms with Gasteiger partial charge in [0.1, 0.15) is 6.61 Å². The van der Waals surface area contributed by atoms with E-state index in [0.29, 0.717) is 18.2 Å². The molecule has 0 aliphatic carbocycles. The minimum absolute atomic E-state index is 0.00182. The van der Waals surface area contributed by atoms with Gasteiger partial charge in [-0.1, -0.05) is 0 Å². The summed E-state index contributed by atoms with van der Waals surface area (Å²) < 4.78 is 8.89. The summed E-state index contributed by atoms with van der Waals surface area (Å²) in [6, 6.07) is 5.58. The van der Waals surface area contributed by atoms with Crippen molar-refractivity contribution in [2.75, 3.05) is 0 Å². The monoisotopic (exact) mass is 387 g/mol. The minimum Gasteiger partial charge on any atom is -0.461 e. The van der Waals surface area contributed by atoms with Gasteiger partial charge in [0.15, 0.2) is 0 Å². The van der Waals surface area contributed by atoms with Crippen molar-refractivity contribution in [2.45, 2.75) is 45.4 Å². The molecule has 148 valence electrons. The van der Waals surface area contributed by atoms with Gasteiger partial charge >= 0.3 is 11.9 Å². The van der Waals surface area contributed by atoms with Crippen molar-refractivity contribution >= 4 is 23.8 Å². The summed E-state index contributed by atoms with van der Waals surface area (Å²) in [5.41, 5.74) is 0.799. The molecule has 0 bridgehead atoms. The number of esters is 1. The van der Waals surface area contributed by atoms with Crippen molar-refractivity contribution < 1.29 is 28.8 Å². The molecule has 1 fully saturated rings. The maximum Gasteiger partial charge on any atom is 0.335 e. The second-order valence-corrected chi connectivity index (χ2v) is 6.38. The second kappa shape index (κ2) is 9.03. The number of hydrogen-bond acceptors (Lipinski definition) is 6. The fourth-order valence-corrected chi connectivity index (χ4v) is 2.72. The van der Waals surface area contributed by atoms with E-state index in [1.807, 2.05) is 29.1 Å². The Bertz CT molecular complexity index is 839. The van der Waals surface area contributed by atoms with Crippen molar-refractivity contribution in [1.29, 1.82) is 0 Å². The molecule has 0 saturated carbocycles. The van der Waals surface area contributed by atoms with E-state index in [4.69, 9.17) is 9.57 Å². The summed E-state index contributed by atoms with van der Waals surface area (Å²) in [6.45, 7) is 1.03. The Morgan fingerprint density at radius 2 is 1.54 bits per heavy atom. The van der Waals surface area contributed by atoms with Crippen LogP contribution in [-0.2, 0) is 48.4 Å². The number of carbonyl (C=O) groups excluding carboxylic acids is 4. The summed E-state index contributed by atoms with van der Waals surface area (Å²) in [4.78, 5) is 51.2. The van der Waals surface area contributed by atoms with Crippen LogP contribution in [0.25, 0.3) is 0 Å². The average molecular weight is 387 g/mol. The Kier molecular flexibility index (Phi) is 6.25. The number of rotatable bonds is 9. The number of aromatic nitrogens is 2. The van der Waals surface area contributed by atoms with Crippen LogP contribution in [0.2, 0.25) is 0 Å². The molecule has 9 nitrogen and oxygen atoms in total. The summed E-state index contributed by atoms with van der Waals surface area (Å²) >= 11 is 0. The van der Waals surface area contributed by atoms with Gasteiger partial charge in [-0.15, -0.1) is 5.06 Å². The molecule has 0 aromatic carbocycles. The number of carbonyl (C=O) groups is 4. The second-order valence-electron chi connectivity index (χ2n) is 6.38. The summed E-state index contributed by atoms with van der Waals surface area (Å²) in [5, 5.41) is 0.538. The van der Waals surface area contributed by atoms with Crippen LogP contribution < -0.4 is 0 Å². The fraction of sp³-hybridized carbons (Fsp3) is 0.368. The van der Waals surface area contributed by atoms with Gasteiger partial charge in [0, 0.05) is 56.3 Å². The largest absolute Gasteiger partial charge is 0.461 e. The number of ether oxygens (including phenoxy) is 1. The third kappa shape index (κ3) is 5.32. The quantitative estimate of drug-likeness (QED) is 0.477. The molecule has 2 aromatic heterocycles. The van der Waals surface area contributed by atoms with Crippen LogP contribution in [0.5, 0.6) is 0 Å². The lowest BCUT2D eigenvalue weighted by Crippen LogP contribution is -2.32. The Balaban J connectivity index is 1.36. The van der Waals surface area contributed by atoms with E-state index < -0.39 is 17.8 Å². The van der Waals surface area contributed by atoms with Crippen LogP contribution in [0.3, 0.4) is 0 Å². The Hall–Kier alpha value is -3.36. The van der Waals surface area contributed by atoms with E-state index >= 15 is 0 Å². The molecule has 0 unspecified atom stereocenters. The van der Waals surface area contributed by atoms with Crippen molar-refractivity contribution in [3.05, 3.63) is 48.5 Å². The maximum absolute atomic E-state index is 11.8. The first-order chi connectivity index (χ1) is 13.5. The first-order valence-corrected chi connectivity index (χ1v) is 8.99. The van der Waals surface area contributed by atoms with E-state index in [9.17, 15) is 19.2 Å². The van der Waals surface area contributed by atoms with E-state index in [-0.39, 0.29) is 38.3 Å². The number of aryl methyl sites for hydroxylation is 2. The SMILES string of the molecule is O=C(CCn1cccc1)OCc1ccn(CCC(=O)ON2C(=O)CCC2=O)c1. The molecule has 3 rings (SSSR count). The first kappa shape index (κ1) is 19.4. The fourth-order valence-electron chi connectivity index (χ4n) is 2.72. The third-order valence-electron chi connectivity index (χ3n) is 4.22. The molecule has 28 heavy (non-hydrogen) atoms. The highest BCUT2D eigenvalue weighted by Crippen LogP contribution is 2.13. The van der Waals surface area contributed by atoms with Crippen molar-refractivity contribution in [3.63, 3.8) is 0 Å². The molecule has 9 heteroatoms. The zero-order valence-corrected chi connectivity index (χ0v) is 15.3. The Morgan fingerprint density at radius 1 is 0.893 bits per heavy atom. The van der Waals surface area contributed by atoms with Crippen LogP contribution in [0.4, 0.5) is 0 Å². The number of nitrogens with zero attached hydrogens (tertiary/aromatic N) is 3. The maximum atomic E-state index is 11.8. The lowest BCUT2D eigenvalue weighted by atomic mass is 10.3. The lowest BCUT2D eigenvalue weighted by Gasteiger charge is -2.12. The molecule has 1 aliphatic heterocycles. The van der Waals surface area contributed by atoms with Gasteiger partial charge in [-0.05, 0) is 18.2 Å². The van der Waals surface area contributed by atoms with E-state index in [1.165, 1.54) is 0 Å². The zero-order chi connectivity index (χ0) is 19.9.